The van der Waals surface area contributed by atoms with Gasteiger partial charge in [0.25, 0.3) is 14.6 Å². The van der Waals surface area contributed by atoms with Crippen LogP contribution in [0.2, 0.25) is 0 Å². The summed E-state index contributed by atoms with van der Waals surface area (Å²) in [5.74, 6) is 0.637. The summed E-state index contributed by atoms with van der Waals surface area (Å²) < 4.78 is 36.9. The van der Waals surface area contributed by atoms with Gasteiger partial charge < -0.3 is 19.0 Å². The Bertz CT molecular complexity index is 1310. The summed E-state index contributed by atoms with van der Waals surface area (Å²) in [5.41, 5.74) is 1.54. The first kappa shape index (κ1) is 23.7. The number of halogens is 1. The molecule has 33 heavy (non-hydrogen) atoms. The third-order valence-corrected chi connectivity index (χ3v) is 6.91. The molecule has 0 aliphatic carbocycles. The van der Waals surface area contributed by atoms with Gasteiger partial charge in [0.1, 0.15) is 17.2 Å². The van der Waals surface area contributed by atoms with Crippen LogP contribution in [0.1, 0.15) is 25.8 Å². The number of H-pyrrole nitrogens is 1. The van der Waals surface area contributed by atoms with E-state index in [4.69, 9.17) is 25.1 Å². The first-order valence-electron chi connectivity index (χ1n) is 11.0. The van der Waals surface area contributed by atoms with E-state index in [1.54, 1.807) is 0 Å². The zero-order valence-electron chi connectivity index (χ0n) is 18.6. The quantitative estimate of drug-likeness (QED) is 0.480. The Morgan fingerprint density at radius 2 is 2.00 bits per heavy atom. The van der Waals surface area contributed by atoms with Crippen LogP contribution < -0.4 is 10.3 Å². The van der Waals surface area contributed by atoms with Crippen molar-refractivity contribution in [3.63, 3.8) is 0 Å². The van der Waals surface area contributed by atoms with Gasteiger partial charge in [-0.1, -0.05) is 6.92 Å². The van der Waals surface area contributed by atoms with E-state index < -0.39 is 9.05 Å². The molecule has 1 aliphatic heterocycles. The monoisotopic (exact) mass is 494 g/mol. The lowest BCUT2D eigenvalue weighted by Crippen LogP contribution is -2.35. The number of aryl methyl sites for hydroxylation is 1. The number of nitrogens with zero attached hydrogens (tertiary/aromatic N) is 3. The van der Waals surface area contributed by atoms with Crippen LogP contribution in [0.5, 0.6) is 5.75 Å². The Hall–Kier alpha value is -2.40. The minimum atomic E-state index is -3.97. The summed E-state index contributed by atoms with van der Waals surface area (Å²) in [4.78, 5) is 23.0. The zero-order valence-corrected chi connectivity index (χ0v) is 20.2. The molecule has 9 nitrogen and oxygen atoms in total. The van der Waals surface area contributed by atoms with E-state index in [-0.39, 0.29) is 16.3 Å². The van der Waals surface area contributed by atoms with Crippen molar-refractivity contribution in [1.29, 1.82) is 0 Å². The highest BCUT2D eigenvalue weighted by molar-refractivity contribution is 8.13. The molecule has 1 fully saturated rings. The fraction of sp³-hybridized carbons (Fsp3) is 0.455. The Labute approximate surface area is 196 Å². The number of benzene rings is 1. The molecule has 0 bridgehead atoms. The number of hydrogen-bond donors (Lipinski definition) is 1. The Kier molecular flexibility index (Phi) is 7.08. The lowest BCUT2D eigenvalue weighted by molar-refractivity contribution is 0.0343. The van der Waals surface area contributed by atoms with E-state index in [0.717, 1.165) is 25.1 Å². The van der Waals surface area contributed by atoms with Crippen LogP contribution in [0.3, 0.4) is 0 Å². The highest BCUT2D eigenvalue weighted by atomic mass is 35.7. The molecule has 0 atom stereocenters. The third-order valence-electron chi connectivity index (χ3n) is 5.55. The molecule has 11 heteroatoms. The van der Waals surface area contributed by atoms with Crippen LogP contribution in [0.25, 0.3) is 22.4 Å². The van der Waals surface area contributed by atoms with Crippen molar-refractivity contribution in [1.82, 2.24) is 19.4 Å². The lowest BCUT2D eigenvalue weighted by atomic mass is 10.1. The van der Waals surface area contributed by atoms with Crippen molar-refractivity contribution in [2.24, 2.45) is 0 Å². The van der Waals surface area contributed by atoms with Gasteiger partial charge in [0.05, 0.1) is 35.7 Å². The summed E-state index contributed by atoms with van der Waals surface area (Å²) in [6, 6.07) is 4.26. The molecule has 178 valence electrons. The van der Waals surface area contributed by atoms with Gasteiger partial charge >= 0.3 is 0 Å². The Balaban J connectivity index is 1.87. The van der Waals surface area contributed by atoms with Crippen LogP contribution in [-0.4, -0.2) is 60.8 Å². The molecule has 3 aromatic rings. The number of hydrogen-bond acceptors (Lipinski definition) is 7. The molecule has 0 spiro atoms. The Morgan fingerprint density at radius 3 is 2.67 bits per heavy atom. The largest absolute Gasteiger partial charge is 0.493 e. The number of fused-ring (bicyclic) bond motifs is 1. The molecule has 0 unspecified atom stereocenters. The number of ether oxygens (including phenoxy) is 2. The van der Waals surface area contributed by atoms with E-state index in [2.05, 4.69) is 16.8 Å². The fourth-order valence-electron chi connectivity index (χ4n) is 4.06. The molecule has 0 radical (unpaired) electrons. The van der Waals surface area contributed by atoms with Crippen molar-refractivity contribution < 1.29 is 17.9 Å². The van der Waals surface area contributed by atoms with Gasteiger partial charge in [0.2, 0.25) is 0 Å². The van der Waals surface area contributed by atoms with E-state index in [1.807, 2.05) is 17.7 Å². The minimum absolute atomic E-state index is 0.0951. The number of aromatic amines is 1. The molecular formula is C22H27ClN4O5S. The number of aromatic nitrogens is 3. The smallest absolute Gasteiger partial charge is 0.261 e. The molecule has 0 amide bonds. The molecule has 2 aromatic heterocycles. The van der Waals surface area contributed by atoms with Crippen LogP contribution in [0, 0.1) is 0 Å². The number of morpholine rings is 1. The van der Waals surface area contributed by atoms with E-state index >= 15 is 0 Å². The topological polar surface area (TPSA) is 107 Å². The van der Waals surface area contributed by atoms with E-state index in [1.165, 1.54) is 18.2 Å². The molecule has 1 aliphatic rings. The summed E-state index contributed by atoms with van der Waals surface area (Å²) in [7, 11) is 1.59. The summed E-state index contributed by atoms with van der Waals surface area (Å²) in [6.07, 6.45) is 2.85. The van der Waals surface area contributed by atoms with Gasteiger partial charge in [-0.15, -0.1) is 0 Å². The second-order valence-corrected chi connectivity index (χ2v) is 10.4. The first-order valence-corrected chi connectivity index (χ1v) is 13.3. The van der Waals surface area contributed by atoms with E-state index in [9.17, 15) is 13.2 Å². The van der Waals surface area contributed by atoms with E-state index in [0.29, 0.717) is 55.3 Å². The second kappa shape index (κ2) is 9.84. The SMILES string of the molecule is CCCn1cc(CN2CCOCC2)c2c(=O)[nH]c(-c3cc(S(=O)(=O)Cl)ccc3OCC)nc21. The molecule has 1 saturated heterocycles. The second-order valence-electron chi connectivity index (χ2n) is 7.88. The van der Waals surface area contributed by atoms with Crippen molar-refractivity contribution in [2.45, 2.75) is 38.3 Å². The van der Waals surface area contributed by atoms with Crippen LogP contribution in [-0.2, 0) is 26.9 Å². The van der Waals surface area contributed by atoms with Crippen molar-refractivity contribution in [2.75, 3.05) is 32.9 Å². The number of rotatable bonds is 8. The van der Waals surface area contributed by atoms with Crippen LogP contribution in [0.15, 0.2) is 34.1 Å². The van der Waals surface area contributed by atoms with Gasteiger partial charge in [0.15, 0.2) is 0 Å². The van der Waals surface area contributed by atoms with Gasteiger partial charge in [0, 0.05) is 43.1 Å². The number of nitrogens with one attached hydrogen (secondary N) is 1. The van der Waals surface area contributed by atoms with Crippen molar-refractivity contribution in [3.05, 3.63) is 40.3 Å². The molecule has 4 rings (SSSR count). The maximum atomic E-state index is 13.3. The summed E-state index contributed by atoms with van der Waals surface area (Å²) in [6.45, 7) is 8.53. The van der Waals surface area contributed by atoms with Crippen molar-refractivity contribution >= 4 is 30.8 Å². The van der Waals surface area contributed by atoms with Crippen LogP contribution in [0.4, 0.5) is 0 Å². The standard InChI is InChI=1S/C22H27ClN4O5S/c1-3-7-27-14-15(13-26-8-10-31-11-9-26)19-21(27)24-20(25-22(19)28)17-12-16(33(23,29)30)5-6-18(17)32-4-2/h5-6,12,14H,3-4,7-11,13H2,1-2H3,(H,24,25,28). The predicted octanol–water partition coefficient (Wildman–Crippen LogP) is 2.96. The van der Waals surface area contributed by atoms with Crippen LogP contribution >= 0.6 is 10.7 Å². The first-order chi connectivity index (χ1) is 15.8. The minimum Gasteiger partial charge on any atom is -0.493 e. The van der Waals surface area contributed by atoms with Gasteiger partial charge in [-0.05, 0) is 37.1 Å². The normalized spacial score (nSPS) is 15.2. The van der Waals surface area contributed by atoms with Crippen molar-refractivity contribution in [3.8, 4) is 17.1 Å². The maximum Gasteiger partial charge on any atom is 0.261 e. The van der Waals surface area contributed by atoms with Gasteiger partial charge in [-0.3, -0.25) is 9.69 Å². The average Bonchev–Trinajstić information content (AvgIpc) is 3.12. The molecule has 0 saturated carbocycles. The maximum absolute atomic E-state index is 13.3. The Morgan fingerprint density at radius 1 is 1.24 bits per heavy atom. The average molecular weight is 495 g/mol. The fourth-order valence-corrected chi connectivity index (χ4v) is 4.84. The highest BCUT2D eigenvalue weighted by Gasteiger charge is 2.21. The zero-order chi connectivity index (χ0) is 23.6. The highest BCUT2D eigenvalue weighted by Crippen LogP contribution is 2.32. The predicted molar refractivity (Wildman–Crippen MR) is 126 cm³/mol. The summed E-state index contributed by atoms with van der Waals surface area (Å²) >= 11 is 0. The lowest BCUT2D eigenvalue weighted by Gasteiger charge is -2.26. The molecular weight excluding hydrogens is 468 g/mol. The molecule has 3 heterocycles. The third kappa shape index (κ3) is 5.08. The molecule has 1 aromatic carbocycles. The summed E-state index contributed by atoms with van der Waals surface area (Å²) in [5, 5.41) is 0.540. The molecule has 1 N–H and O–H groups in total. The van der Waals surface area contributed by atoms with Gasteiger partial charge in [-0.25, -0.2) is 13.4 Å². The van der Waals surface area contributed by atoms with Gasteiger partial charge in [-0.2, -0.15) is 0 Å².